The van der Waals surface area contributed by atoms with Gasteiger partial charge in [0.1, 0.15) is 0 Å². The number of halogens is 4. The third kappa shape index (κ3) is 4.93. The predicted octanol–water partition coefficient (Wildman–Crippen LogP) is 4.10. The molecule has 9 heteroatoms. The Bertz CT molecular complexity index is 750. The van der Waals surface area contributed by atoms with Crippen LogP contribution < -0.4 is 16.2 Å². The van der Waals surface area contributed by atoms with Crippen LogP contribution in [0.25, 0.3) is 0 Å². The van der Waals surface area contributed by atoms with Crippen molar-refractivity contribution in [1.82, 2.24) is 10.9 Å². The van der Waals surface area contributed by atoms with Crippen LogP contribution >= 0.6 is 28.1 Å². The quantitative estimate of drug-likeness (QED) is 0.508. The van der Waals surface area contributed by atoms with Crippen LogP contribution in [-0.4, -0.2) is 11.0 Å². The van der Waals surface area contributed by atoms with Gasteiger partial charge >= 0.3 is 6.18 Å². The molecule has 24 heavy (non-hydrogen) atoms. The van der Waals surface area contributed by atoms with Gasteiger partial charge in [-0.15, -0.1) is 0 Å². The second-order valence-electron chi connectivity index (χ2n) is 4.59. The first-order chi connectivity index (χ1) is 11.3. The summed E-state index contributed by atoms with van der Waals surface area (Å²) in [6.45, 7) is 0. The maximum absolute atomic E-state index is 12.5. The number of hydrogen-bond acceptors (Lipinski definition) is 2. The fourth-order valence-corrected chi connectivity index (χ4v) is 2.36. The number of rotatable bonds is 2. The lowest BCUT2D eigenvalue weighted by Gasteiger charge is -2.13. The van der Waals surface area contributed by atoms with Crippen LogP contribution in [0.5, 0.6) is 0 Å². The van der Waals surface area contributed by atoms with Crippen molar-refractivity contribution in [3.8, 4) is 0 Å². The Morgan fingerprint density at radius 1 is 1.00 bits per heavy atom. The smallest absolute Gasteiger partial charge is 0.331 e. The van der Waals surface area contributed by atoms with Gasteiger partial charge in [-0.1, -0.05) is 12.1 Å². The summed E-state index contributed by atoms with van der Waals surface area (Å²) >= 11 is 8.22. The van der Waals surface area contributed by atoms with Crippen LogP contribution in [0.3, 0.4) is 0 Å². The largest absolute Gasteiger partial charge is 0.416 e. The number of carbonyl (C=O) groups is 1. The number of anilines is 1. The van der Waals surface area contributed by atoms with E-state index in [0.717, 1.165) is 12.1 Å². The SMILES string of the molecule is O=C(NNC(=S)Nc1ccc(C(F)(F)F)cc1)c1ccccc1Br. The minimum Gasteiger partial charge on any atom is -0.331 e. The molecule has 0 aliphatic heterocycles. The van der Waals surface area contributed by atoms with E-state index in [1.165, 1.54) is 12.1 Å². The van der Waals surface area contributed by atoms with Crippen molar-refractivity contribution < 1.29 is 18.0 Å². The molecular weight excluding hydrogens is 407 g/mol. The van der Waals surface area contributed by atoms with Crippen molar-refractivity contribution in [1.29, 1.82) is 0 Å². The summed E-state index contributed by atoms with van der Waals surface area (Å²) < 4.78 is 38.0. The molecule has 3 N–H and O–H groups in total. The Balaban J connectivity index is 1.90. The van der Waals surface area contributed by atoms with Crippen LogP contribution in [0.4, 0.5) is 18.9 Å². The lowest BCUT2D eigenvalue weighted by Crippen LogP contribution is -2.43. The summed E-state index contributed by atoms with van der Waals surface area (Å²) in [4.78, 5) is 12.0. The summed E-state index contributed by atoms with van der Waals surface area (Å²) in [5.74, 6) is -0.418. The first-order valence-corrected chi connectivity index (χ1v) is 7.76. The Hall–Kier alpha value is -2.13. The van der Waals surface area contributed by atoms with E-state index in [9.17, 15) is 18.0 Å². The molecule has 2 aromatic rings. The summed E-state index contributed by atoms with van der Waals surface area (Å²) in [7, 11) is 0. The summed E-state index contributed by atoms with van der Waals surface area (Å²) in [6.07, 6.45) is -4.39. The summed E-state index contributed by atoms with van der Waals surface area (Å²) in [6, 6.07) is 11.2. The molecule has 0 heterocycles. The van der Waals surface area contributed by atoms with Gasteiger partial charge in [-0.05, 0) is 64.5 Å². The van der Waals surface area contributed by atoms with Crippen LogP contribution in [0.1, 0.15) is 15.9 Å². The highest BCUT2D eigenvalue weighted by Gasteiger charge is 2.29. The summed E-state index contributed by atoms with van der Waals surface area (Å²) in [5.41, 5.74) is 4.88. The minimum absolute atomic E-state index is 0.0372. The lowest BCUT2D eigenvalue weighted by molar-refractivity contribution is -0.137. The van der Waals surface area contributed by atoms with Crippen molar-refractivity contribution in [2.75, 3.05) is 5.32 Å². The molecule has 0 unspecified atom stereocenters. The number of benzene rings is 2. The van der Waals surface area contributed by atoms with Crippen molar-refractivity contribution >= 4 is 44.9 Å². The fourth-order valence-electron chi connectivity index (χ4n) is 1.73. The van der Waals surface area contributed by atoms with E-state index >= 15 is 0 Å². The molecule has 2 aromatic carbocycles. The zero-order valence-corrected chi connectivity index (χ0v) is 14.3. The number of carbonyl (C=O) groups excluding carboxylic acids is 1. The highest BCUT2D eigenvalue weighted by atomic mass is 79.9. The van der Waals surface area contributed by atoms with Gasteiger partial charge in [0.05, 0.1) is 11.1 Å². The molecule has 2 rings (SSSR count). The van der Waals surface area contributed by atoms with Gasteiger partial charge in [0, 0.05) is 10.2 Å². The topological polar surface area (TPSA) is 53.2 Å². The van der Waals surface area contributed by atoms with Crippen molar-refractivity contribution in [3.05, 3.63) is 64.1 Å². The summed E-state index contributed by atoms with van der Waals surface area (Å²) in [5, 5.41) is 2.71. The molecule has 0 aliphatic rings. The Kier molecular flexibility index (Phi) is 5.79. The molecule has 4 nitrogen and oxygen atoms in total. The lowest BCUT2D eigenvalue weighted by atomic mass is 10.2. The van der Waals surface area contributed by atoms with Gasteiger partial charge in [0.25, 0.3) is 5.91 Å². The van der Waals surface area contributed by atoms with Crippen LogP contribution in [0, 0.1) is 0 Å². The molecule has 0 aromatic heterocycles. The van der Waals surface area contributed by atoms with Gasteiger partial charge in [-0.2, -0.15) is 13.2 Å². The standard InChI is InChI=1S/C15H11BrF3N3OS/c16-12-4-2-1-3-11(12)13(23)21-22-14(24)20-10-7-5-9(6-8-10)15(17,18)19/h1-8H,(H,21,23)(H2,20,22,24). The van der Waals surface area contributed by atoms with Crippen molar-refractivity contribution in [3.63, 3.8) is 0 Å². The first-order valence-electron chi connectivity index (χ1n) is 6.56. The highest BCUT2D eigenvalue weighted by Crippen LogP contribution is 2.29. The van der Waals surface area contributed by atoms with Gasteiger partial charge < -0.3 is 5.32 Å². The van der Waals surface area contributed by atoms with Crippen molar-refractivity contribution in [2.24, 2.45) is 0 Å². The number of hydrogen-bond donors (Lipinski definition) is 3. The zero-order valence-electron chi connectivity index (χ0n) is 11.9. The molecular formula is C15H11BrF3N3OS. The highest BCUT2D eigenvalue weighted by molar-refractivity contribution is 9.10. The zero-order chi connectivity index (χ0) is 17.7. The van der Waals surface area contributed by atoms with E-state index in [1.54, 1.807) is 24.3 Å². The van der Waals surface area contributed by atoms with Gasteiger partial charge in [0.15, 0.2) is 5.11 Å². The van der Waals surface area contributed by atoms with Crippen LogP contribution in [0.15, 0.2) is 53.0 Å². The number of hydrazine groups is 1. The molecule has 0 saturated heterocycles. The molecule has 0 fully saturated rings. The first kappa shape index (κ1) is 18.2. The van der Waals surface area contributed by atoms with Gasteiger partial charge in [-0.3, -0.25) is 15.6 Å². The number of nitrogens with one attached hydrogen (secondary N) is 3. The average Bonchev–Trinajstić information content (AvgIpc) is 2.53. The number of thiocarbonyl (C=S) groups is 1. The Morgan fingerprint density at radius 3 is 2.21 bits per heavy atom. The third-order valence-corrected chi connectivity index (χ3v) is 3.77. The number of alkyl halides is 3. The molecule has 0 bridgehead atoms. The second kappa shape index (κ2) is 7.63. The van der Waals surface area contributed by atoms with E-state index in [0.29, 0.717) is 15.7 Å². The fraction of sp³-hybridized carbons (Fsp3) is 0.0667. The van der Waals surface area contributed by atoms with Crippen LogP contribution in [-0.2, 0) is 6.18 Å². The Labute approximate surface area is 149 Å². The normalized spacial score (nSPS) is 10.8. The molecule has 0 aliphatic carbocycles. The minimum atomic E-state index is -4.39. The van der Waals surface area contributed by atoms with Gasteiger partial charge in [-0.25, -0.2) is 0 Å². The maximum Gasteiger partial charge on any atom is 0.416 e. The molecule has 0 radical (unpaired) electrons. The predicted molar refractivity (Wildman–Crippen MR) is 92.4 cm³/mol. The monoisotopic (exact) mass is 417 g/mol. The van der Waals surface area contributed by atoms with E-state index < -0.39 is 17.6 Å². The van der Waals surface area contributed by atoms with Crippen LogP contribution in [0.2, 0.25) is 0 Å². The molecule has 1 amide bonds. The van der Waals surface area contributed by atoms with E-state index in [1.807, 2.05) is 0 Å². The molecule has 0 atom stereocenters. The second-order valence-corrected chi connectivity index (χ2v) is 5.85. The number of amides is 1. The average molecular weight is 418 g/mol. The van der Waals surface area contributed by atoms with E-state index in [4.69, 9.17) is 12.2 Å². The molecule has 0 spiro atoms. The Morgan fingerprint density at radius 2 is 1.62 bits per heavy atom. The maximum atomic E-state index is 12.5. The third-order valence-electron chi connectivity index (χ3n) is 2.88. The van der Waals surface area contributed by atoms with E-state index in [-0.39, 0.29) is 5.11 Å². The molecule has 126 valence electrons. The molecule has 0 saturated carbocycles. The van der Waals surface area contributed by atoms with Gasteiger partial charge in [0.2, 0.25) is 0 Å². The van der Waals surface area contributed by atoms with E-state index in [2.05, 4.69) is 32.1 Å². The van der Waals surface area contributed by atoms with Crippen molar-refractivity contribution in [2.45, 2.75) is 6.18 Å².